The zero-order chi connectivity index (χ0) is 15.6. The number of nitrogens with one attached hydrogen (secondary N) is 2. The fraction of sp³-hybridized carbons (Fsp3) is 0.500. The van der Waals surface area contributed by atoms with Crippen molar-refractivity contribution >= 4 is 33.0 Å². The molecule has 116 valence electrons. The normalized spacial score (nSPS) is 20.4. The van der Waals surface area contributed by atoms with Gasteiger partial charge in [-0.1, -0.05) is 17.7 Å². The van der Waals surface area contributed by atoms with Crippen molar-refractivity contribution in [3.05, 3.63) is 28.3 Å². The van der Waals surface area contributed by atoms with Gasteiger partial charge in [0.05, 0.1) is 28.8 Å². The van der Waals surface area contributed by atoms with Crippen LogP contribution in [0.2, 0.25) is 5.02 Å². The number of carbonyl (C=O) groups is 1. The minimum absolute atomic E-state index is 0.0732. The van der Waals surface area contributed by atoms with Gasteiger partial charge in [-0.25, -0.2) is 8.42 Å². The molecule has 1 aromatic rings. The summed E-state index contributed by atoms with van der Waals surface area (Å²) in [6.07, 6.45) is 0.555. The van der Waals surface area contributed by atoms with Crippen molar-refractivity contribution in [1.82, 2.24) is 5.32 Å². The fourth-order valence-electron chi connectivity index (χ4n) is 2.45. The van der Waals surface area contributed by atoms with Crippen LogP contribution < -0.4 is 10.6 Å². The summed E-state index contributed by atoms with van der Waals surface area (Å²) in [4.78, 5) is 11.9. The van der Waals surface area contributed by atoms with E-state index in [9.17, 15) is 13.2 Å². The lowest BCUT2D eigenvalue weighted by Gasteiger charge is -2.14. The van der Waals surface area contributed by atoms with Gasteiger partial charge in [0.2, 0.25) is 5.91 Å². The van der Waals surface area contributed by atoms with Gasteiger partial charge in [0.15, 0.2) is 9.84 Å². The minimum Gasteiger partial charge on any atom is -0.323 e. The molecule has 0 spiro atoms. The molecule has 1 heterocycles. The van der Waals surface area contributed by atoms with Gasteiger partial charge in [-0.05, 0) is 37.5 Å². The Morgan fingerprint density at radius 2 is 2.10 bits per heavy atom. The number of carbonyl (C=O) groups excluding carboxylic acids is 1. The topological polar surface area (TPSA) is 75.3 Å². The van der Waals surface area contributed by atoms with Crippen molar-refractivity contribution in [3.63, 3.8) is 0 Å². The van der Waals surface area contributed by atoms with Crippen molar-refractivity contribution in [2.24, 2.45) is 0 Å². The van der Waals surface area contributed by atoms with E-state index in [1.807, 2.05) is 19.9 Å². The molecule has 2 N–H and O–H groups in total. The maximum atomic E-state index is 11.9. The van der Waals surface area contributed by atoms with Crippen molar-refractivity contribution < 1.29 is 13.2 Å². The van der Waals surface area contributed by atoms with Crippen LogP contribution in [0.4, 0.5) is 5.69 Å². The third-order valence-electron chi connectivity index (χ3n) is 3.48. The third-order valence-corrected chi connectivity index (χ3v) is 5.55. The standard InChI is InChI=1S/C14H19ClN2O3S/c1-9-5-10(2)14(12(15)6-9)17-13(18)7-16-11-3-4-21(19,20)8-11/h5-6,11,16H,3-4,7-8H2,1-2H3,(H,17,18). The molecule has 2 rings (SSSR count). The highest BCUT2D eigenvalue weighted by Crippen LogP contribution is 2.27. The van der Waals surface area contributed by atoms with E-state index in [4.69, 9.17) is 11.6 Å². The van der Waals surface area contributed by atoms with Crippen molar-refractivity contribution in [2.75, 3.05) is 23.4 Å². The van der Waals surface area contributed by atoms with Gasteiger partial charge >= 0.3 is 0 Å². The molecule has 1 amide bonds. The largest absolute Gasteiger partial charge is 0.323 e. The van der Waals surface area contributed by atoms with E-state index in [1.54, 1.807) is 6.07 Å². The molecule has 0 radical (unpaired) electrons. The number of hydrogen-bond acceptors (Lipinski definition) is 4. The second kappa shape index (κ2) is 6.34. The van der Waals surface area contributed by atoms with Crippen LogP contribution in [0.15, 0.2) is 12.1 Å². The number of sulfone groups is 1. The van der Waals surface area contributed by atoms with Gasteiger partial charge in [-0.2, -0.15) is 0 Å². The minimum atomic E-state index is -2.94. The maximum absolute atomic E-state index is 11.9. The summed E-state index contributed by atoms with van der Waals surface area (Å²) in [5, 5.41) is 6.24. The molecule has 1 unspecified atom stereocenters. The second-order valence-electron chi connectivity index (χ2n) is 5.47. The average molecular weight is 331 g/mol. The third kappa shape index (κ3) is 4.43. The molecule has 0 saturated carbocycles. The molecule has 0 aliphatic carbocycles. The summed E-state index contributed by atoms with van der Waals surface area (Å²) < 4.78 is 22.7. The number of anilines is 1. The summed E-state index contributed by atoms with van der Waals surface area (Å²) in [6, 6.07) is 3.59. The molecule has 1 aromatic carbocycles. The van der Waals surface area contributed by atoms with Crippen LogP contribution in [0.25, 0.3) is 0 Å². The Hall–Kier alpha value is -1.11. The summed E-state index contributed by atoms with van der Waals surface area (Å²) >= 11 is 6.13. The van der Waals surface area contributed by atoms with Gasteiger partial charge < -0.3 is 10.6 Å². The highest BCUT2D eigenvalue weighted by Gasteiger charge is 2.27. The molecule has 1 atom stereocenters. The lowest BCUT2D eigenvalue weighted by molar-refractivity contribution is -0.115. The van der Waals surface area contributed by atoms with E-state index >= 15 is 0 Å². The number of rotatable bonds is 4. The van der Waals surface area contributed by atoms with Crippen LogP contribution in [0.3, 0.4) is 0 Å². The number of amides is 1. The Labute approximate surface area is 130 Å². The predicted molar refractivity (Wildman–Crippen MR) is 84.6 cm³/mol. The quantitative estimate of drug-likeness (QED) is 0.880. The Morgan fingerprint density at radius 3 is 2.67 bits per heavy atom. The van der Waals surface area contributed by atoms with Gasteiger partial charge in [-0.3, -0.25) is 4.79 Å². The molecule has 0 bridgehead atoms. The van der Waals surface area contributed by atoms with Crippen LogP contribution in [-0.4, -0.2) is 38.4 Å². The lowest BCUT2D eigenvalue weighted by Crippen LogP contribution is -2.36. The summed E-state index contributed by atoms with van der Waals surface area (Å²) in [5.74, 6) is 0.0629. The van der Waals surface area contributed by atoms with E-state index < -0.39 is 9.84 Å². The van der Waals surface area contributed by atoms with Crippen molar-refractivity contribution in [1.29, 1.82) is 0 Å². The molecule has 5 nitrogen and oxygen atoms in total. The number of benzene rings is 1. The molecular weight excluding hydrogens is 312 g/mol. The van der Waals surface area contributed by atoms with Gasteiger partial charge in [0.1, 0.15) is 0 Å². The molecule has 1 aliphatic rings. The Balaban J connectivity index is 1.91. The molecule has 21 heavy (non-hydrogen) atoms. The van der Waals surface area contributed by atoms with Crippen molar-refractivity contribution in [2.45, 2.75) is 26.3 Å². The Bertz CT molecular complexity index is 635. The van der Waals surface area contributed by atoms with Gasteiger partial charge in [-0.15, -0.1) is 0 Å². The summed E-state index contributed by atoms with van der Waals surface area (Å²) in [6.45, 7) is 3.89. The molecular formula is C14H19ClN2O3S. The first-order valence-electron chi connectivity index (χ1n) is 6.77. The van der Waals surface area contributed by atoms with E-state index in [-0.39, 0.29) is 30.0 Å². The Kier molecular flexibility index (Phi) is 4.91. The molecule has 1 aliphatic heterocycles. The summed E-state index contributed by atoms with van der Waals surface area (Å²) in [7, 11) is -2.94. The maximum Gasteiger partial charge on any atom is 0.238 e. The first kappa shape index (κ1) is 16.3. The van der Waals surface area contributed by atoms with Gasteiger partial charge in [0, 0.05) is 6.04 Å². The van der Waals surface area contributed by atoms with Crippen LogP contribution in [0.1, 0.15) is 17.5 Å². The molecule has 1 saturated heterocycles. The predicted octanol–water partition coefficient (Wildman–Crippen LogP) is 1.67. The van der Waals surface area contributed by atoms with E-state index in [1.165, 1.54) is 0 Å². The highest BCUT2D eigenvalue weighted by molar-refractivity contribution is 7.91. The van der Waals surface area contributed by atoms with E-state index in [0.717, 1.165) is 11.1 Å². The average Bonchev–Trinajstić information content (AvgIpc) is 2.71. The number of hydrogen-bond donors (Lipinski definition) is 2. The lowest BCUT2D eigenvalue weighted by atomic mass is 10.1. The SMILES string of the molecule is Cc1cc(C)c(NC(=O)CNC2CCS(=O)(=O)C2)c(Cl)c1. The van der Waals surface area contributed by atoms with Crippen LogP contribution in [0, 0.1) is 13.8 Å². The number of halogens is 1. The molecule has 1 fully saturated rings. The zero-order valence-corrected chi connectivity index (χ0v) is 13.6. The smallest absolute Gasteiger partial charge is 0.238 e. The second-order valence-corrected chi connectivity index (χ2v) is 8.10. The monoisotopic (exact) mass is 330 g/mol. The number of aryl methyl sites for hydroxylation is 2. The molecule has 0 aromatic heterocycles. The van der Waals surface area contributed by atoms with Crippen LogP contribution in [0.5, 0.6) is 0 Å². The summed E-state index contributed by atoms with van der Waals surface area (Å²) in [5.41, 5.74) is 2.54. The van der Waals surface area contributed by atoms with E-state index in [0.29, 0.717) is 17.1 Å². The fourth-order valence-corrected chi connectivity index (χ4v) is 4.53. The highest BCUT2D eigenvalue weighted by atomic mass is 35.5. The zero-order valence-electron chi connectivity index (χ0n) is 12.1. The van der Waals surface area contributed by atoms with Crippen LogP contribution in [-0.2, 0) is 14.6 Å². The Morgan fingerprint density at radius 1 is 1.38 bits per heavy atom. The van der Waals surface area contributed by atoms with Gasteiger partial charge in [0.25, 0.3) is 0 Å². The van der Waals surface area contributed by atoms with E-state index in [2.05, 4.69) is 10.6 Å². The first-order valence-corrected chi connectivity index (χ1v) is 8.97. The van der Waals surface area contributed by atoms with Crippen molar-refractivity contribution in [3.8, 4) is 0 Å². The first-order chi connectivity index (χ1) is 9.77. The van der Waals surface area contributed by atoms with Crippen LogP contribution >= 0.6 is 11.6 Å². The molecule has 7 heteroatoms.